The van der Waals surface area contributed by atoms with Gasteiger partial charge >= 0.3 is 5.97 Å². The van der Waals surface area contributed by atoms with E-state index in [0.717, 1.165) is 22.6 Å². The van der Waals surface area contributed by atoms with Gasteiger partial charge in [0.25, 0.3) is 5.91 Å². The van der Waals surface area contributed by atoms with E-state index in [-0.39, 0.29) is 11.9 Å². The number of anilines is 1. The second-order valence-corrected chi connectivity index (χ2v) is 8.13. The van der Waals surface area contributed by atoms with Crippen molar-refractivity contribution in [3.63, 3.8) is 0 Å². The van der Waals surface area contributed by atoms with Crippen LogP contribution in [0, 0.1) is 0 Å². The van der Waals surface area contributed by atoms with E-state index in [2.05, 4.69) is 23.3 Å². The molecule has 162 valence electrons. The van der Waals surface area contributed by atoms with Crippen LogP contribution in [0.5, 0.6) is 0 Å². The Morgan fingerprint density at radius 2 is 1.93 bits per heavy atom. The van der Waals surface area contributed by atoms with Gasteiger partial charge < -0.3 is 21.1 Å². The normalized spacial score (nSPS) is 12.7. The van der Waals surface area contributed by atoms with Gasteiger partial charge in [0, 0.05) is 29.6 Å². The van der Waals surface area contributed by atoms with Crippen LogP contribution in [0.3, 0.4) is 0 Å². The van der Waals surface area contributed by atoms with E-state index in [4.69, 9.17) is 10.5 Å². The van der Waals surface area contributed by atoms with Gasteiger partial charge in [0.15, 0.2) is 0 Å². The van der Waals surface area contributed by atoms with Gasteiger partial charge in [-0.25, -0.2) is 4.79 Å². The van der Waals surface area contributed by atoms with Crippen molar-refractivity contribution in [1.82, 2.24) is 5.32 Å². The summed E-state index contributed by atoms with van der Waals surface area (Å²) in [5.41, 5.74) is 8.88. The van der Waals surface area contributed by atoms with Crippen LogP contribution in [0.2, 0.25) is 0 Å². The molecular formula is C22H29N3O3S2. The van der Waals surface area contributed by atoms with Gasteiger partial charge in [-0.3, -0.25) is 4.79 Å². The van der Waals surface area contributed by atoms with E-state index in [1.54, 1.807) is 17.8 Å². The topological polar surface area (TPSA) is 93.4 Å². The van der Waals surface area contributed by atoms with Crippen LogP contribution < -0.4 is 16.4 Å². The number of amides is 1. The smallest absolute Gasteiger partial charge is 0.328 e. The quantitative estimate of drug-likeness (QED) is 0.313. The number of carbonyl (C=O) groups is 2. The average molecular weight is 448 g/mol. The number of nitrogens with two attached hydrogens (primary N) is 1. The van der Waals surface area contributed by atoms with Crippen molar-refractivity contribution in [2.75, 3.05) is 36.7 Å². The molecule has 2 rings (SSSR count). The Labute approximate surface area is 187 Å². The minimum Gasteiger partial charge on any atom is -0.467 e. The standard InChI is InChI=1S/C22H29N3O3S2/c1-28-22(27)20(10-11-30-2)25-21(26)19-12-17(24-13-16(23)14-29)8-9-18(19)15-6-4-3-5-7-15/h3-9,12,16,20,24,29H,10-11,13-14,23H2,1-2H3,(H,25,26). The fraction of sp³-hybridized carbons (Fsp3) is 0.364. The van der Waals surface area contributed by atoms with Crippen LogP contribution in [0.4, 0.5) is 5.69 Å². The Bertz CT molecular complexity index is 834. The molecule has 0 bridgehead atoms. The van der Waals surface area contributed by atoms with Crippen molar-refractivity contribution >= 4 is 42.0 Å². The summed E-state index contributed by atoms with van der Waals surface area (Å²) in [4.78, 5) is 25.3. The summed E-state index contributed by atoms with van der Waals surface area (Å²) in [6.07, 6.45) is 2.45. The molecule has 0 aromatic heterocycles. The van der Waals surface area contributed by atoms with E-state index < -0.39 is 12.0 Å². The number of thioether (sulfide) groups is 1. The number of hydrogen-bond acceptors (Lipinski definition) is 7. The molecule has 0 saturated heterocycles. The third kappa shape index (κ3) is 6.97. The van der Waals surface area contributed by atoms with Gasteiger partial charge in [0.2, 0.25) is 0 Å². The molecule has 0 fully saturated rings. The summed E-state index contributed by atoms with van der Waals surface area (Å²) in [5.74, 6) is 0.508. The number of benzene rings is 2. The third-order valence-electron chi connectivity index (χ3n) is 4.55. The molecule has 6 nitrogen and oxygen atoms in total. The van der Waals surface area contributed by atoms with E-state index in [1.165, 1.54) is 7.11 Å². The molecule has 0 aliphatic carbocycles. The Hall–Kier alpha value is -2.16. The average Bonchev–Trinajstić information content (AvgIpc) is 2.79. The molecule has 0 heterocycles. The van der Waals surface area contributed by atoms with Gasteiger partial charge in [0.1, 0.15) is 6.04 Å². The first-order valence-corrected chi connectivity index (χ1v) is 11.7. The molecule has 2 atom stereocenters. The molecule has 0 radical (unpaired) electrons. The SMILES string of the molecule is COC(=O)C(CCSC)NC(=O)c1cc(NCC(N)CS)ccc1-c1ccccc1. The molecule has 4 N–H and O–H groups in total. The minimum absolute atomic E-state index is 0.102. The van der Waals surface area contributed by atoms with Crippen LogP contribution >= 0.6 is 24.4 Å². The zero-order valence-electron chi connectivity index (χ0n) is 17.3. The molecule has 0 spiro atoms. The maximum atomic E-state index is 13.2. The van der Waals surface area contributed by atoms with E-state index in [1.807, 2.05) is 48.7 Å². The van der Waals surface area contributed by atoms with Crippen molar-refractivity contribution in [3.05, 3.63) is 54.1 Å². The van der Waals surface area contributed by atoms with Crippen molar-refractivity contribution in [1.29, 1.82) is 0 Å². The summed E-state index contributed by atoms with van der Waals surface area (Å²) in [6, 6.07) is 14.4. The second kappa shape index (κ2) is 12.5. The van der Waals surface area contributed by atoms with Crippen LogP contribution in [-0.2, 0) is 9.53 Å². The first-order valence-electron chi connectivity index (χ1n) is 9.67. The zero-order valence-corrected chi connectivity index (χ0v) is 19.0. The number of esters is 1. The Morgan fingerprint density at radius 3 is 2.57 bits per heavy atom. The lowest BCUT2D eigenvalue weighted by molar-refractivity contribution is -0.142. The van der Waals surface area contributed by atoms with Crippen LogP contribution in [0.1, 0.15) is 16.8 Å². The van der Waals surface area contributed by atoms with Crippen molar-refractivity contribution in [3.8, 4) is 11.1 Å². The van der Waals surface area contributed by atoms with Crippen molar-refractivity contribution < 1.29 is 14.3 Å². The summed E-state index contributed by atoms with van der Waals surface area (Å²) >= 11 is 5.81. The molecule has 0 aliphatic heterocycles. The van der Waals surface area contributed by atoms with Crippen LogP contribution in [0.15, 0.2) is 48.5 Å². The predicted octanol–water partition coefficient (Wildman–Crippen LogP) is 3.05. The van der Waals surface area contributed by atoms with Crippen molar-refractivity contribution in [2.24, 2.45) is 5.73 Å². The maximum absolute atomic E-state index is 13.2. The summed E-state index contributed by atoms with van der Waals surface area (Å²) in [6.45, 7) is 0.535. The minimum atomic E-state index is -0.701. The number of methoxy groups -OCH3 is 1. The highest BCUT2D eigenvalue weighted by molar-refractivity contribution is 7.98. The van der Waals surface area contributed by atoms with Gasteiger partial charge in [-0.05, 0) is 41.7 Å². The number of nitrogens with one attached hydrogen (secondary N) is 2. The first kappa shape index (κ1) is 24.1. The van der Waals surface area contributed by atoms with Gasteiger partial charge in [0.05, 0.1) is 7.11 Å². The molecule has 2 aromatic rings. The molecule has 1 amide bonds. The summed E-state index contributed by atoms with van der Waals surface area (Å²) < 4.78 is 4.87. The zero-order chi connectivity index (χ0) is 21.9. The fourth-order valence-electron chi connectivity index (χ4n) is 2.89. The second-order valence-electron chi connectivity index (χ2n) is 6.78. The van der Waals surface area contributed by atoms with Crippen LogP contribution in [0.25, 0.3) is 11.1 Å². The lowest BCUT2D eigenvalue weighted by Gasteiger charge is -2.19. The number of rotatable bonds is 11. The molecule has 0 saturated carbocycles. The van der Waals surface area contributed by atoms with Crippen LogP contribution in [-0.4, -0.2) is 55.4 Å². The number of carbonyl (C=O) groups excluding carboxylic acids is 2. The van der Waals surface area contributed by atoms with E-state index >= 15 is 0 Å². The number of thiol groups is 1. The Balaban J connectivity index is 2.34. The van der Waals surface area contributed by atoms with Gasteiger partial charge in [-0.1, -0.05) is 36.4 Å². The highest BCUT2D eigenvalue weighted by Gasteiger charge is 2.23. The van der Waals surface area contributed by atoms with Crippen molar-refractivity contribution in [2.45, 2.75) is 18.5 Å². The molecule has 0 aliphatic rings. The lowest BCUT2D eigenvalue weighted by Crippen LogP contribution is -2.42. The maximum Gasteiger partial charge on any atom is 0.328 e. The molecule has 2 unspecified atom stereocenters. The summed E-state index contributed by atoms with van der Waals surface area (Å²) in [5, 5.41) is 6.08. The molecule has 2 aromatic carbocycles. The highest BCUT2D eigenvalue weighted by atomic mass is 32.2. The highest BCUT2D eigenvalue weighted by Crippen LogP contribution is 2.27. The van der Waals surface area contributed by atoms with Gasteiger partial charge in [-0.15, -0.1) is 0 Å². The monoisotopic (exact) mass is 447 g/mol. The van der Waals surface area contributed by atoms with Gasteiger partial charge in [-0.2, -0.15) is 24.4 Å². The first-order chi connectivity index (χ1) is 14.5. The largest absolute Gasteiger partial charge is 0.467 e. The van der Waals surface area contributed by atoms with E-state index in [9.17, 15) is 9.59 Å². The number of ether oxygens (including phenoxy) is 1. The van der Waals surface area contributed by atoms with E-state index in [0.29, 0.717) is 24.3 Å². The third-order valence-corrected chi connectivity index (χ3v) is 5.67. The molecular weight excluding hydrogens is 418 g/mol. The lowest BCUT2D eigenvalue weighted by atomic mass is 9.98. The Kier molecular flexibility index (Phi) is 10.1. The molecule has 8 heteroatoms. The number of hydrogen-bond donors (Lipinski definition) is 4. The predicted molar refractivity (Wildman–Crippen MR) is 128 cm³/mol. The molecule has 30 heavy (non-hydrogen) atoms. The summed E-state index contributed by atoms with van der Waals surface area (Å²) in [7, 11) is 1.32. The fourth-order valence-corrected chi connectivity index (χ4v) is 3.49. The Morgan fingerprint density at radius 1 is 1.20 bits per heavy atom.